The first-order chi connectivity index (χ1) is 11.3. The van der Waals surface area contributed by atoms with Gasteiger partial charge >= 0.3 is 0 Å². The van der Waals surface area contributed by atoms with Gasteiger partial charge in [-0.1, -0.05) is 0 Å². The normalized spacial score (nSPS) is 11.2. The van der Waals surface area contributed by atoms with Crippen LogP contribution in [0.1, 0.15) is 12.8 Å². The minimum atomic E-state index is 0.651. The lowest BCUT2D eigenvalue weighted by molar-refractivity contribution is 0.313. The average molecular weight is 330 g/mol. The van der Waals surface area contributed by atoms with Gasteiger partial charge in [0.05, 0.1) is 13.2 Å². The minimum absolute atomic E-state index is 0.651. The molecule has 0 saturated heterocycles. The minimum Gasteiger partial charge on any atom is -0.493 e. The second-order valence-corrected chi connectivity index (χ2v) is 6.48. The monoisotopic (exact) mass is 330 g/mol. The van der Waals surface area contributed by atoms with Crippen LogP contribution in [0.4, 0.5) is 0 Å². The maximum atomic E-state index is 5.73. The van der Waals surface area contributed by atoms with E-state index in [4.69, 9.17) is 20.9 Å². The highest BCUT2D eigenvalue weighted by atomic mass is 32.1. The quantitative estimate of drug-likeness (QED) is 0.620. The third-order valence-electron chi connectivity index (χ3n) is 3.65. The van der Waals surface area contributed by atoms with Gasteiger partial charge in [0.15, 0.2) is 0 Å². The Morgan fingerprint density at radius 3 is 1.65 bits per heavy atom. The van der Waals surface area contributed by atoms with Crippen molar-refractivity contribution in [1.82, 2.24) is 0 Å². The van der Waals surface area contributed by atoms with Crippen LogP contribution in [0.2, 0.25) is 0 Å². The molecule has 4 nitrogen and oxygen atoms in total. The van der Waals surface area contributed by atoms with Gasteiger partial charge in [-0.25, -0.2) is 0 Å². The molecule has 0 aliphatic carbocycles. The highest BCUT2D eigenvalue weighted by Crippen LogP contribution is 2.37. The van der Waals surface area contributed by atoms with Crippen molar-refractivity contribution in [2.24, 2.45) is 11.5 Å². The second-order valence-electron chi connectivity index (χ2n) is 5.40. The highest BCUT2D eigenvalue weighted by Gasteiger charge is 2.07. The second kappa shape index (κ2) is 7.64. The van der Waals surface area contributed by atoms with E-state index < -0.39 is 0 Å². The zero-order chi connectivity index (χ0) is 16.1. The molecule has 5 heteroatoms. The maximum Gasteiger partial charge on any atom is 0.120 e. The van der Waals surface area contributed by atoms with Gasteiger partial charge in [-0.05, 0) is 62.3 Å². The summed E-state index contributed by atoms with van der Waals surface area (Å²) in [7, 11) is 0. The number of ether oxygens (including phenoxy) is 2. The molecule has 3 rings (SSSR count). The van der Waals surface area contributed by atoms with E-state index in [9.17, 15) is 0 Å². The van der Waals surface area contributed by atoms with Crippen molar-refractivity contribution >= 4 is 31.5 Å². The summed E-state index contributed by atoms with van der Waals surface area (Å²) in [6.07, 6.45) is 1.74. The van der Waals surface area contributed by atoms with Gasteiger partial charge in [0.25, 0.3) is 0 Å². The zero-order valence-corrected chi connectivity index (χ0v) is 13.9. The van der Waals surface area contributed by atoms with E-state index in [0.717, 1.165) is 24.3 Å². The Bertz CT molecular complexity index is 721. The molecular formula is C18H22N2O2S. The molecule has 0 atom stereocenters. The van der Waals surface area contributed by atoms with Crippen molar-refractivity contribution in [2.45, 2.75) is 12.8 Å². The molecular weight excluding hydrogens is 308 g/mol. The van der Waals surface area contributed by atoms with Crippen molar-refractivity contribution in [2.75, 3.05) is 26.3 Å². The molecule has 4 N–H and O–H groups in total. The number of benzene rings is 2. The van der Waals surface area contributed by atoms with Crippen LogP contribution in [-0.2, 0) is 0 Å². The van der Waals surface area contributed by atoms with Crippen LogP contribution in [0.25, 0.3) is 20.2 Å². The lowest BCUT2D eigenvalue weighted by Gasteiger charge is -2.05. The van der Waals surface area contributed by atoms with Crippen LogP contribution in [-0.4, -0.2) is 26.3 Å². The molecule has 0 bridgehead atoms. The summed E-state index contributed by atoms with van der Waals surface area (Å²) in [6, 6.07) is 12.5. The molecule has 1 aromatic heterocycles. The Hall–Kier alpha value is -1.82. The van der Waals surface area contributed by atoms with Gasteiger partial charge in [0.1, 0.15) is 11.5 Å². The van der Waals surface area contributed by atoms with Gasteiger partial charge in [0, 0.05) is 20.2 Å². The van der Waals surface area contributed by atoms with Crippen molar-refractivity contribution in [3.8, 4) is 11.5 Å². The van der Waals surface area contributed by atoms with Crippen LogP contribution in [0, 0.1) is 0 Å². The summed E-state index contributed by atoms with van der Waals surface area (Å²) in [4.78, 5) is 0. The predicted molar refractivity (Wildman–Crippen MR) is 97.7 cm³/mol. The van der Waals surface area contributed by atoms with E-state index >= 15 is 0 Å². The Balaban J connectivity index is 1.84. The number of hydrogen-bond donors (Lipinski definition) is 2. The van der Waals surface area contributed by atoms with Crippen molar-refractivity contribution in [3.05, 3.63) is 36.4 Å². The van der Waals surface area contributed by atoms with Crippen LogP contribution in [0.3, 0.4) is 0 Å². The first-order valence-electron chi connectivity index (χ1n) is 7.94. The Kier molecular flexibility index (Phi) is 5.33. The molecule has 0 radical (unpaired) electrons. The third kappa shape index (κ3) is 3.75. The van der Waals surface area contributed by atoms with E-state index in [0.29, 0.717) is 26.3 Å². The van der Waals surface area contributed by atoms with Crippen molar-refractivity contribution in [3.63, 3.8) is 0 Å². The predicted octanol–water partition coefficient (Wildman–Crippen LogP) is 3.51. The van der Waals surface area contributed by atoms with Gasteiger partial charge < -0.3 is 20.9 Å². The van der Waals surface area contributed by atoms with Gasteiger partial charge in [-0.15, -0.1) is 11.3 Å². The van der Waals surface area contributed by atoms with E-state index in [1.807, 2.05) is 12.1 Å². The highest BCUT2D eigenvalue weighted by molar-refractivity contribution is 7.25. The summed E-state index contributed by atoms with van der Waals surface area (Å²) in [6.45, 7) is 2.62. The van der Waals surface area contributed by atoms with E-state index in [1.54, 1.807) is 11.3 Å². The summed E-state index contributed by atoms with van der Waals surface area (Å²) < 4.78 is 13.9. The Morgan fingerprint density at radius 2 is 1.22 bits per heavy atom. The molecule has 0 spiro atoms. The van der Waals surface area contributed by atoms with Gasteiger partial charge in [-0.3, -0.25) is 0 Å². The maximum absolute atomic E-state index is 5.73. The molecule has 23 heavy (non-hydrogen) atoms. The average Bonchev–Trinajstić information content (AvgIpc) is 2.92. The largest absolute Gasteiger partial charge is 0.493 e. The molecule has 0 unspecified atom stereocenters. The number of fused-ring (bicyclic) bond motifs is 3. The van der Waals surface area contributed by atoms with E-state index in [1.165, 1.54) is 20.2 Å². The van der Waals surface area contributed by atoms with Gasteiger partial charge in [0.2, 0.25) is 0 Å². The summed E-state index contributed by atoms with van der Waals surface area (Å²) in [5.41, 5.74) is 11.0. The summed E-state index contributed by atoms with van der Waals surface area (Å²) in [5.74, 6) is 1.80. The third-order valence-corrected chi connectivity index (χ3v) is 4.77. The summed E-state index contributed by atoms with van der Waals surface area (Å²) >= 11 is 1.76. The Labute approximate surface area is 140 Å². The molecule has 0 saturated carbocycles. The molecule has 1 heterocycles. The van der Waals surface area contributed by atoms with Crippen LogP contribution in [0.5, 0.6) is 11.5 Å². The number of thiophene rings is 1. The summed E-state index contributed by atoms with van der Waals surface area (Å²) in [5, 5.41) is 2.51. The van der Waals surface area contributed by atoms with E-state index in [2.05, 4.69) is 24.3 Å². The Morgan fingerprint density at radius 1 is 0.739 bits per heavy atom. The number of nitrogens with two attached hydrogens (primary N) is 2. The fraction of sp³-hybridized carbons (Fsp3) is 0.333. The first kappa shape index (κ1) is 16.1. The van der Waals surface area contributed by atoms with Crippen LogP contribution >= 0.6 is 11.3 Å². The fourth-order valence-electron chi connectivity index (χ4n) is 2.46. The van der Waals surface area contributed by atoms with Crippen molar-refractivity contribution < 1.29 is 9.47 Å². The molecule has 0 fully saturated rings. The van der Waals surface area contributed by atoms with Gasteiger partial charge in [-0.2, -0.15) is 0 Å². The smallest absolute Gasteiger partial charge is 0.120 e. The molecule has 3 aromatic rings. The van der Waals surface area contributed by atoms with Crippen LogP contribution in [0.15, 0.2) is 36.4 Å². The fourth-order valence-corrected chi connectivity index (χ4v) is 3.63. The number of hydrogen-bond acceptors (Lipinski definition) is 5. The molecule has 0 aliphatic rings. The molecule has 0 amide bonds. The lowest BCUT2D eigenvalue weighted by Crippen LogP contribution is -2.05. The lowest BCUT2D eigenvalue weighted by atomic mass is 10.1. The molecule has 0 aliphatic heterocycles. The number of rotatable bonds is 8. The molecule has 2 aromatic carbocycles. The zero-order valence-electron chi connectivity index (χ0n) is 13.1. The molecule has 122 valence electrons. The van der Waals surface area contributed by atoms with E-state index in [-0.39, 0.29) is 0 Å². The standard InChI is InChI=1S/C18H22N2O2S/c19-7-1-9-21-13-3-5-15-16-6-4-14(22-10-2-8-20)12-18(16)23-17(15)11-13/h3-6,11-12H,1-2,7-10,19-20H2. The first-order valence-corrected chi connectivity index (χ1v) is 8.75. The van der Waals surface area contributed by atoms with Crippen molar-refractivity contribution in [1.29, 1.82) is 0 Å². The van der Waals surface area contributed by atoms with Crippen LogP contribution < -0.4 is 20.9 Å². The SMILES string of the molecule is NCCCOc1ccc2c(c1)sc1cc(OCCCN)ccc12. The topological polar surface area (TPSA) is 70.5 Å².